The van der Waals surface area contributed by atoms with Crippen LogP contribution < -0.4 is 4.90 Å². The van der Waals surface area contributed by atoms with Gasteiger partial charge in [-0.25, -0.2) is 18.2 Å². The van der Waals surface area contributed by atoms with E-state index in [4.69, 9.17) is 27.9 Å². The third-order valence-corrected chi connectivity index (χ3v) is 6.98. The van der Waals surface area contributed by atoms with Gasteiger partial charge in [-0.1, -0.05) is 23.2 Å². The summed E-state index contributed by atoms with van der Waals surface area (Å²) in [4.78, 5) is 18.1. The Morgan fingerprint density at radius 3 is 2.39 bits per heavy atom. The summed E-state index contributed by atoms with van der Waals surface area (Å²) < 4.78 is 32.0. The first-order valence-electron chi connectivity index (χ1n) is 8.66. The van der Waals surface area contributed by atoms with Crippen molar-refractivity contribution in [1.29, 1.82) is 0 Å². The topological polar surface area (TPSA) is 79.8 Å². The minimum atomic E-state index is -3.65. The van der Waals surface area contributed by atoms with Crippen LogP contribution in [0.1, 0.15) is 17.3 Å². The zero-order valence-corrected chi connectivity index (χ0v) is 17.5. The van der Waals surface area contributed by atoms with Crippen molar-refractivity contribution in [2.24, 2.45) is 0 Å². The summed E-state index contributed by atoms with van der Waals surface area (Å²) in [6.45, 7) is 3.62. The lowest BCUT2D eigenvalue weighted by Crippen LogP contribution is -2.48. The Morgan fingerprint density at radius 2 is 1.82 bits per heavy atom. The molecule has 0 spiro atoms. The molecule has 0 aliphatic carbocycles. The summed E-state index contributed by atoms with van der Waals surface area (Å²) in [5.74, 6) is 0.263. The molecule has 0 bridgehead atoms. The van der Waals surface area contributed by atoms with Crippen LogP contribution in [0.3, 0.4) is 0 Å². The fourth-order valence-corrected chi connectivity index (χ4v) is 4.66. The second kappa shape index (κ2) is 8.65. The molecule has 28 heavy (non-hydrogen) atoms. The van der Waals surface area contributed by atoms with Crippen molar-refractivity contribution in [1.82, 2.24) is 9.29 Å². The Labute approximate surface area is 173 Å². The van der Waals surface area contributed by atoms with Gasteiger partial charge in [-0.05, 0) is 37.3 Å². The van der Waals surface area contributed by atoms with Gasteiger partial charge in [-0.2, -0.15) is 4.31 Å². The van der Waals surface area contributed by atoms with Gasteiger partial charge in [0.25, 0.3) is 0 Å². The van der Waals surface area contributed by atoms with Crippen LogP contribution in [0, 0.1) is 0 Å². The number of anilines is 1. The molecular formula is C18H19Cl2N3O4S. The molecule has 0 amide bonds. The molecule has 1 aliphatic rings. The minimum Gasteiger partial charge on any atom is -0.462 e. The molecule has 1 aromatic carbocycles. The van der Waals surface area contributed by atoms with Gasteiger partial charge in [-0.3, -0.25) is 0 Å². The maximum absolute atomic E-state index is 12.8. The maximum atomic E-state index is 12.8. The molecule has 2 aromatic rings. The molecule has 3 rings (SSSR count). The third-order valence-electron chi connectivity index (χ3n) is 4.35. The van der Waals surface area contributed by atoms with Crippen LogP contribution in [-0.2, 0) is 14.8 Å². The predicted octanol–water partition coefficient (Wildman–Crippen LogP) is 3.08. The normalized spacial score (nSPS) is 15.5. The molecule has 1 fully saturated rings. The minimum absolute atomic E-state index is 0.118. The molecule has 0 N–H and O–H groups in total. The summed E-state index contributed by atoms with van der Waals surface area (Å²) in [7, 11) is -3.65. The smallest absolute Gasteiger partial charge is 0.339 e. The van der Waals surface area contributed by atoms with E-state index < -0.39 is 16.0 Å². The number of halogens is 2. The number of pyridine rings is 1. The number of benzene rings is 1. The van der Waals surface area contributed by atoms with Crippen molar-refractivity contribution < 1.29 is 17.9 Å². The fourth-order valence-electron chi connectivity index (χ4n) is 2.85. The molecule has 0 radical (unpaired) electrons. The quantitative estimate of drug-likeness (QED) is 0.660. The molecular weight excluding hydrogens is 425 g/mol. The average molecular weight is 444 g/mol. The first kappa shape index (κ1) is 20.9. The van der Waals surface area contributed by atoms with E-state index in [0.29, 0.717) is 49.2 Å². The highest BCUT2D eigenvalue weighted by Gasteiger charge is 2.29. The number of esters is 1. The summed E-state index contributed by atoms with van der Waals surface area (Å²) >= 11 is 11.8. The second-order valence-corrected chi connectivity index (χ2v) is 8.84. The first-order chi connectivity index (χ1) is 13.3. The van der Waals surface area contributed by atoms with Gasteiger partial charge in [0.2, 0.25) is 10.0 Å². The molecule has 10 heteroatoms. The number of carbonyl (C=O) groups is 1. The Balaban J connectivity index is 1.67. The van der Waals surface area contributed by atoms with Gasteiger partial charge >= 0.3 is 5.97 Å². The van der Waals surface area contributed by atoms with Crippen molar-refractivity contribution in [3.63, 3.8) is 0 Å². The van der Waals surface area contributed by atoms with Crippen LogP contribution in [0.15, 0.2) is 41.4 Å². The number of sulfonamides is 1. The largest absolute Gasteiger partial charge is 0.462 e. The van der Waals surface area contributed by atoms with E-state index in [2.05, 4.69) is 4.98 Å². The van der Waals surface area contributed by atoms with Crippen LogP contribution in [-0.4, -0.2) is 56.5 Å². The van der Waals surface area contributed by atoms with Gasteiger partial charge in [0, 0.05) is 32.4 Å². The fraction of sp³-hybridized carbons (Fsp3) is 0.333. The van der Waals surface area contributed by atoms with E-state index in [1.807, 2.05) is 4.90 Å². The molecule has 150 valence electrons. The zero-order chi connectivity index (χ0) is 20.3. The van der Waals surface area contributed by atoms with Gasteiger partial charge in [0.05, 0.1) is 27.1 Å². The summed E-state index contributed by atoms with van der Waals surface area (Å²) in [6.07, 6.45) is 1.46. The highest BCUT2D eigenvalue weighted by atomic mass is 35.5. The SMILES string of the molecule is CCOC(=O)c1ccc(N2CCN(S(=O)(=O)c3ccc(Cl)c(Cl)c3)CC2)nc1. The lowest BCUT2D eigenvalue weighted by Gasteiger charge is -2.34. The lowest BCUT2D eigenvalue weighted by atomic mass is 10.2. The maximum Gasteiger partial charge on any atom is 0.339 e. The van der Waals surface area contributed by atoms with E-state index >= 15 is 0 Å². The molecule has 1 aliphatic heterocycles. The van der Waals surface area contributed by atoms with Gasteiger partial charge in [-0.15, -0.1) is 0 Å². The average Bonchev–Trinajstić information content (AvgIpc) is 2.70. The number of ether oxygens (including phenoxy) is 1. The molecule has 1 aromatic heterocycles. The first-order valence-corrected chi connectivity index (χ1v) is 10.9. The highest BCUT2D eigenvalue weighted by Crippen LogP contribution is 2.27. The number of aromatic nitrogens is 1. The molecule has 1 saturated heterocycles. The van der Waals surface area contributed by atoms with Crippen molar-refractivity contribution in [3.8, 4) is 0 Å². The summed E-state index contributed by atoms with van der Waals surface area (Å²) in [5.41, 5.74) is 0.381. The van der Waals surface area contributed by atoms with Crippen molar-refractivity contribution >= 4 is 45.0 Å². The Hall–Kier alpha value is -1.87. The number of nitrogens with zero attached hydrogens (tertiary/aromatic N) is 3. The van der Waals surface area contributed by atoms with Crippen LogP contribution in [0.2, 0.25) is 10.0 Å². The Kier molecular flexibility index (Phi) is 6.44. The van der Waals surface area contributed by atoms with E-state index in [-0.39, 0.29) is 9.92 Å². The summed E-state index contributed by atoms with van der Waals surface area (Å²) in [6, 6.07) is 7.67. The standard InChI is InChI=1S/C18H19Cl2N3O4S/c1-2-27-18(24)13-3-6-17(21-12-13)22-7-9-23(10-8-22)28(25,26)14-4-5-15(19)16(20)11-14/h3-6,11-12H,2,7-10H2,1H3. The Bertz CT molecular complexity index is 959. The zero-order valence-electron chi connectivity index (χ0n) is 15.1. The van der Waals surface area contributed by atoms with Crippen LogP contribution in [0.4, 0.5) is 5.82 Å². The van der Waals surface area contributed by atoms with Gasteiger partial charge < -0.3 is 9.64 Å². The molecule has 0 atom stereocenters. The van der Waals surface area contributed by atoms with Crippen molar-refractivity contribution in [2.75, 3.05) is 37.7 Å². The molecule has 7 nitrogen and oxygen atoms in total. The van der Waals surface area contributed by atoms with Gasteiger partial charge in [0.15, 0.2) is 0 Å². The second-order valence-electron chi connectivity index (χ2n) is 6.09. The molecule has 0 saturated carbocycles. The van der Waals surface area contributed by atoms with Gasteiger partial charge in [0.1, 0.15) is 5.82 Å². The number of hydrogen-bond donors (Lipinski definition) is 0. The van der Waals surface area contributed by atoms with E-state index in [1.54, 1.807) is 19.1 Å². The van der Waals surface area contributed by atoms with Crippen LogP contribution >= 0.6 is 23.2 Å². The predicted molar refractivity (Wildman–Crippen MR) is 108 cm³/mol. The Morgan fingerprint density at radius 1 is 1.11 bits per heavy atom. The third kappa shape index (κ3) is 4.41. The van der Waals surface area contributed by atoms with Crippen LogP contribution in [0.25, 0.3) is 0 Å². The lowest BCUT2D eigenvalue weighted by molar-refractivity contribution is 0.0526. The number of carbonyl (C=O) groups excluding carboxylic acids is 1. The number of hydrogen-bond acceptors (Lipinski definition) is 6. The monoisotopic (exact) mass is 443 g/mol. The van der Waals surface area contributed by atoms with E-state index in [1.165, 1.54) is 28.7 Å². The highest BCUT2D eigenvalue weighted by molar-refractivity contribution is 7.89. The number of rotatable bonds is 5. The molecule has 0 unspecified atom stereocenters. The summed E-state index contributed by atoms with van der Waals surface area (Å²) in [5, 5.41) is 0.509. The van der Waals surface area contributed by atoms with Crippen molar-refractivity contribution in [3.05, 3.63) is 52.1 Å². The van der Waals surface area contributed by atoms with E-state index in [9.17, 15) is 13.2 Å². The molecule has 2 heterocycles. The van der Waals surface area contributed by atoms with Crippen LogP contribution in [0.5, 0.6) is 0 Å². The number of piperazine rings is 1. The van der Waals surface area contributed by atoms with Crippen molar-refractivity contribution in [2.45, 2.75) is 11.8 Å². The van der Waals surface area contributed by atoms with E-state index in [0.717, 1.165) is 0 Å².